The van der Waals surface area contributed by atoms with E-state index in [1.54, 1.807) is 0 Å². The second kappa shape index (κ2) is 7.49. The number of nitrogens with two attached hydrogens (primary N) is 1. The Morgan fingerprint density at radius 1 is 1.44 bits per heavy atom. The van der Waals surface area contributed by atoms with Crippen molar-refractivity contribution in [1.29, 1.82) is 0 Å². The largest absolute Gasteiger partial charge is 0.379 e. The van der Waals surface area contributed by atoms with Gasteiger partial charge in [-0.05, 0) is 19.8 Å². The maximum Gasteiger partial charge on any atom is 0.191 e. The highest BCUT2D eigenvalue weighted by atomic mass is 127. The number of halogens is 1. The van der Waals surface area contributed by atoms with Gasteiger partial charge in [-0.25, -0.2) is 0 Å². The van der Waals surface area contributed by atoms with E-state index in [1.165, 1.54) is 12.8 Å². The monoisotopic (exact) mass is 368 g/mol. The number of rotatable bonds is 4. The summed E-state index contributed by atoms with van der Waals surface area (Å²) in [5.41, 5.74) is 5.97. The van der Waals surface area contributed by atoms with Gasteiger partial charge in [-0.3, -0.25) is 9.89 Å². The summed E-state index contributed by atoms with van der Waals surface area (Å²) in [6.07, 6.45) is 2.51. The van der Waals surface area contributed by atoms with E-state index >= 15 is 0 Å². The summed E-state index contributed by atoms with van der Waals surface area (Å²) in [4.78, 5) is 9.02. The van der Waals surface area contributed by atoms with Crippen molar-refractivity contribution < 1.29 is 4.74 Å². The minimum absolute atomic E-state index is 0. The first kappa shape index (κ1) is 16.0. The van der Waals surface area contributed by atoms with Crippen molar-refractivity contribution in [2.24, 2.45) is 10.7 Å². The molecule has 0 aromatic rings. The quantitative estimate of drug-likeness (QED) is 0.452. The molecule has 1 saturated heterocycles. The Morgan fingerprint density at radius 2 is 2.06 bits per heavy atom. The maximum absolute atomic E-state index is 5.97. The summed E-state index contributed by atoms with van der Waals surface area (Å²) in [6, 6.07) is 1.09. The average molecular weight is 368 g/mol. The van der Waals surface area contributed by atoms with E-state index in [2.05, 4.69) is 21.7 Å². The van der Waals surface area contributed by atoms with Crippen LogP contribution in [0.15, 0.2) is 4.99 Å². The van der Waals surface area contributed by atoms with Crippen molar-refractivity contribution in [3.05, 3.63) is 0 Å². The fourth-order valence-corrected chi connectivity index (χ4v) is 2.12. The van der Waals surface area contributed by atoms with Crippen molar-refractivity contribution >= 4 is 29.9 Å². The molecule has 2 fully saturated rings. The molecule has 1 heterocycles. The molecular formula is C12H25IN4O. The molecule has 2 aliphatic rings. The number of hydrogen-bond donors (Lipinski definition) is 1. The molecule has 0 spiro atoms. The first-order valence-electron chi connectivity index (χ1n) is 6.53. The molecule has 18 heavy (non-hydrogen) atoms. The zero-order chi connectivity index (χ0) is 12.3. The molecule has 0 amide bonds. The Kier molecular flexibility index (Phi) is 6.65. The minimum Gasteiger partial charge on any atom is -0.379 e. The van der Waals surface area contributed by atoms with Gasteiger partial charge in [0.05, 0.1) is 19.8 Å². The Morgan fingerprint density at radius 3 is 2.61 bits per heavy atom. The minimum atomic E-state index is 0. The molecule has 6 heteroatoms. The predicted molar refractivity (Wildman–Crippen MR) is 84.5 cm³/mol. The number of aliphatic imine (C=N–C) groups is 1. The van der Waals surface area contributed by atoms with E-state index in [9.17, 15) is 0 Å². The molecule has 1 aliphatic carbocycles. The molecule has 5 nitrogen and oxygen atoms in total. The van der Waals surface area contributed by atoms with E-state index < -0.39 is 0 Å². The van der Waals surface area contributed by atoms with Crippen molar-refractivity contribution in [1.82, 2.24) is 9.80 Å². The SMILES string of the molecule is CC(CN=C(N)N(C)C1CC1)N1CCOCC1.I. The maximum atomic E-state index is 5.97. The van der Waals surface area contributed by atoms with Crippen LogP contribution in [0.25, 0.3) is 0 Å². The highest BCUT2D eigenvalue weighted by molar-refractivity contribution is 14.0. The van der Waals surface area contributed by atoms with Gasteiger partial charge < -0.3 is 15.4 Å². The molecule has 0 radical (unpaired) electrons. The van der Waals surface area contributed by atoms with Crippen molar-refractivity contribution in [2.75, 3.05) is 39.9 Å². The fraction of sp³-hybridized carbons (Fsp3) is 0.917. The highest BCUT2D eigenvalue weighted by Gasteiger charge is 2.27. The Labute approximate surface area is 127 Å². The zero-order valence-corrected chi connectivity index (χ0v) is 13.7. The molecular weight excluding hydrogens is 343 g/mol. The van der Waals surface area contributed by atoms with Crippen molar-refractivity contribution in [3.63, 3.8) is 0 Å². The lowest BCUT2D eigenvalue weighted by molar-refractivity contribution is 0.0220. The van der Waals surface area contributed by atoms with Gasteiger partial charge in [-0.1, -0.05) is 0 Å². The van der Waals surface area contributed by atoms with Crippen molar-refractivity contribution in [3.8, 4) is 0 Å². The summed E-state index contributed by atoms with van der Waals surface area (Å²) >= 11 is 0. The number of morpholine rings is 1. The predicted octanol–water partition coefficient (Wildman–Crippen LogP) is 0.734. The Bertz CT molecular complexity index is 277. The van der Waals surface area contributed by atoms with Gasteiger partial charge >= 0.3 is 0 Å². The molecule has 1 saturated carbocycles. The van der Waals surface area contributed by atoms with E-state index in [0.717, 1.165) is 32.8 Å². The summed E-state index contributed by atoms with van der Waals surface area (Å²) < 4.78 is 5.34. The van der Waals surface area contributed by atoms with Crippen LogP contribution in [-0.2, 0) is 4.74 Å². The average Bonchev–Trinajstić information content (AvgIpc) is 3.20. The van der Waals surface area contributed by atoms with Crippen LogP contribution in [0.5, 0.6) is 0 Å². The Balaban J connectivity index is 0.00000162. The second-order valence-corrected chi connectivity index (χ2v) is 5.04. The highest BCUT2D eigenvalue weighted by Crippen LogP contribution is 2.24. The van der Waals surface area contributed by atoms with Crippen LogP contribution >= 0.6 is 24.0 Å². The first-order valence-corrected chi connectivity index (χ1v) is 6.53. The van der Waals surface area contributed by atoms with Crippen LogP contribution in [0.4, 0.5) is 0 Å². The van der Waals surface area contributed by atoms with E-state index in [4.69, 9.17) is 10.5 Å². The molecule has 0 aromatic carbocycles. The molecule has 1 atom stereocenters. The molecule has 1 aliphatic heterocycles. The lowest BCUT2D eigenvalue weighted by Gasteiger charge is -2.31. The standard InChI is InChI=1S/C12H24N4O.HI/c1-10(16-5-7-17-8-6-16)9-14-12(13)15(2)11-3-4-11;/h10-11H,3-9H2,1-2H3,(H2,13,14);1H. The van der Waals surface area contributed by atoms with Crippen LogP contribution in [0.2, 0.25) is 0 Å². The normalized spacial score (nSPS) is 23.3. The summed E-state index contributed by atoms with van der Waals surface area (Å²) in [6.45, 7) is 6.68. The van der Waals surface area contributed by atoms with Gasteiger partial charge in [0.15, 0.2) is 5.96 Å². The van der Waals surface area contributed by atoms with Crippen LogP contribution in [0.1, 0.15) is 19.8 Å². The number of ether oxygens (including phenoxy) is 1. The topological polar surface area (TPSA) is 54.1 Å². The van der Waals surface area contributed by atoms with Gasteiger partial charge in [0.25, 0.3) is 0 Å². The molecule has 106 valence electrons. The molecule has 2 rings (SSSR count). The fourth-order valence-electron chi connectivity index (χ4n) is 2.12. The van der Waals surface area contributed by atoms with Gasteiger partial charge in [-0.15, -0.1) is 24.0 Å². The summed E-state index contributed by atoms with van der Waals surface area (Å²) in [5.74, 6) is 0.688. The number of nitrogens with zero attached hydrogens (tertiary/aromatic N) is 3. The third kappa shape index (κ3) is 4.55. The second-order valence-electron chi connectivity index (χ2n) is 5.04. The van der Waals surface area contributed by atoms with E-state index in [-0.39, 0.29) is 24.0 Å². The number of guanidine groups is 1. The number of hydrogen-bond acceptors (Lipinski definition) is 3. The molecule has 1 unspecified atom stereocenters. The first-order chi connectivity index (χ1) is 8.18. The molecule has 0 aromatic heterocycles. The van der Waals surface area contributed by atoms with Gasteiger partial charge in [0, 0.05) is 32.2 Å². The van der Waals surface area contributed by atoms with Gasteiger partial charge in [0.2, 0.25) is 0 Å². The van der Waals surface area contributed by atoms with Crippen LogP contribution in [0.3, 0.4) is 0 Å². The van der Waals surface area contributed by atoms with E-state index in [1.807, 2.05) is 7.05 Å². The van der Waals surface area contributed by atoms with Gasteiger partial charge in [0.1, 0.15) is 0 Å². The van der Waals surface area contributed by atoms with E-state index in [0.29, 0.717) is 18.0 Å². The smallest absolute Gasteiger partial charge is 0.191 e. The lowest BCUT2D eigenvalue weighted by atomic mass is 10.2. The Hall–Kier alpha value is -0.0800. The molecule has 2 N–H and O–H groups in total. The lowest BCUT2D eigenvalue weighted by Crippen LogP contribution is -2.44. The third-order valence-electron chi connectivity index (χ3n) is 3.64. The molecule has 0 bridgehead atoms. The summed E-state index contributed by atoms with van der Waals surface area (Å²) in [7, 11) is 2.04. The van der Waals surface area contributed by atoms with Gasteiger partial charge in [-0.2, -0.15) is 0 Å². The van der Waals surface area contributed by atoms with Crippen LogP contribution < -0.4 is 5.73 Å². The van der Waals surface area contributed by atoms with Crippen LogP contribution in [-0.4, -0.2) is 67.7 Å². The summed E-state index contributed by atoms with van der Waals surface area (Å²) in [5, 5.41) is 0. The van der Waals surface area contributed by atoms with Crippen LogP contribution in [0, 0.1) is 0 Å². The van der Waals surface area contributed by atoms with Crippen molar-refractivity contribution in [2.45, 2.75) is 31.8 Å². The third-order valence-corrected chi connectivity index (χ3v) is 3.64. The zero-order valence-electron chi connectivity index (χ0n) is 11.3.